The van der Waals surface area contributed by atoms with E-state index in [0.29, 0.717) is 43.2 Å². The molecule has 1 aromatic rings. The summed E-state index contributed by atoms with van der Waals surface area (Å²) in [6.45, 7) is 2.10. The van der Waals surface area contributed by atoms with Crippen molar-refractivity contribution < 1.29 is 19.1 Å². The Labute approximate surface area is 151 Å². The van der Waals surface area contributed by atoms with Gasteiger partial charge in [0.2, 0.25) is 5.91 Å². The smallest absolute Gasteiger partial charge is 0.261 e. The number of carbonyl (C=O) groups is 2. The van der Waals surface area contributed by atoms with Gasteiger partial charge in [0.15, 0.2) is 0 Å². The summed E-state index contributed by atoms with van der Waals surface area (Å²) < 4.78 is 10.6. The van der Waals surface area contributed by atoms with E-state index in [-0.39, 0.29) is 17.9 Å². The predicted molar refractivity (Wildman–Crippen MR) is 96.3 cm³/mol. The third-order valence-electron chi connectivity index (χ3n) is 4.53. The number of nitrogens with one attached hydrogen (secondary N) is 1. The van der Waals surface area contributed by atoms with Crippen molar-refractivity contribution >= 4 is 23.6 Å². The van der Waals surface area contributed by atoms with Crippen molar-refractivity contribution in [2.24, 2.45) is 0 Å². The largest absolute Gasteiger partial charge is 0.496 e. The molecule has 2 amide bonds. The number of amides is 2. The number of rotatable bonds is 4. The molecule has 8 heteroatoms. The Bertz CT molecular complexity index is 619. The van der Waals surface area contributed by atoms with Crippen molar-refractivity contribution in [1.82, 2.24) is 15.1 Å². The van der Waals surface area contributed by atoms with E-state index in [1.807, 2.05) is 4.90 Å². The second kappa shape index (κ2) is 7.97. The van der Waals surface area contributed by atoms with Gasteiger partial charge in [0, 0.05) is 37.8 Å². The van der Waals surface area contributed by atoms with Crippen molar-refractivity contribution in [3.05, 3.63) is 23.8 Å². The maximum absolute atomic E-state index is 12.9. The molecule has 0 radical (unpaired) electrons. The first kappa shape index (κ1) is 17.9. The molecule has 1 unspecified atom stereocenters. The average molecular weight is 365 g/mol. The highest BCUT2D eigenvalue weighted by Crippen LogP contribution is 2.30. The Hall–Kier alpha value is -1.93. The second-order valence-electron chi connectivity index (χ2n) is 5.93. The minimum Gasteiger partial charge on any atom is -0.496 e. The van der Waals surface area contributed by atoms with Crippen molar-refractivity contribution in [1.29, 1.82) is 0 Å². The molecule has 2 saturated heterocycles. The Morgan fingerprint density at radius 2 is 1.68 bits per heavy atom. The van der Waals surface area contributed by atoms with E-state index in [1.165, 1.54) is 14.2 Å². The van der Waals surface area contributed by atoms with Crippen LogP contribution in [0.2, 0.25) is 0 Å². The van der Waals surface area contributed by atoms with Gasteiger partial charge < -0.3 is 19.3 Å². The molecule has 0 bridgehead atoms. The number of nitrogens with zero attached hydrogens (tertiary/aromatic N) is 2. The van der Waals surface area contributed by atoms with Crippen LogP contribution in [0, 0.1) is 0 Å². The molecule has 1 N–H and O–H groups in total. The topological polar surface area (TPSA) is 71.1 Å². The Kier molecular flexibility index (Phi) is 5.70. The van der Waals surface area contributed by atoms with E-state index in [9.17, 15) is 9.59 Å². The Morgan fingerprint density at radius 1 is 1.08 bits per heavy atom. The van der Waals surface area contributed by atoms with E-state index in [1.54, 1.807) is 34.9 Å². The van der Waals surface area contributed by atoms with Crippen LogP contribution in [0.25, 0.3) is 0 Å². The van der Waals surface area contributed by atoms with Gasteiger partial charge in [-0.3, -0.25) is 14.9 Å². The highest BCUT2D eigenvalue weighted by Gasteiger charge is 2.32. The molecule has 136 valence electrons. The van der Waals surface area contributed by atoms with Gasteiger partial charge in [0.25, 0.3) is 5.91 Å². The number of carbonyl (C=O) groups excluding carboxylic acids is 2. The van der Waals surface area contributed by atoms with Crippen LogP contribution >= 0.6 is 11.8 Å². The summed E-state index contributed by atoms with van der Waals surface area (Å²) in [4.78, 5) is 29.0. The van der Waals surface area contributed by atoms with Gasteiger partial charge in [-0.05, 0) is 12.1 Å². The van der Waals surface area contributed by atoms with Crippen LogP contribution in [0.3, 0.4) is 0 Å². The quantitative estimate of drug-likeness (QED) is 0.845. The molecular weight excluding hydrogens is 342 g/mol. The van der Waals surface area contributed by atoms with E-state index < -0.39 is 0 Å². The zero-order valence-electron chi connectivity index (χ0n) is 14.5. The monoisotopic (exact) mass is 365 g/mol. The van der Waals surface area contributed by atoms with E-state index in [4.69, 9.17) is 9.47 Å². The molecule has 0 aliphatic carbocycles. The third-order valence-corrected chi connectivity index (χ3v) is 5.47. The number of thioether (sulfide) groups is 1. The molecule has 0 saturated carbocycles. The normalized spacial score (nSPS) is 20.5. The lowest BCUT2D eigenvalue weighted by Crippen LogP contribution is -2.54. The maximum atomic E-state index is 12.9. The number of hydrogen-bond donors (Lipinski definition) is 1. The lowest BCUT2D eigenvalue weighted by molar-refractivity contribution is -0.134. The van der Waals surface area contributed by atoms with Crippen LogP contribution in [0.4, 0.5) is 0 Å². The first-order valence-corrected chi connectivity index (χ1v) is 9.41. The minimum absolute atomic E-state index is 0.0958. The summed E-state index contributed by atoms with van der Waals surface area (Å²) in [7, 11) is 3.07. The van der Waals surface area contributed by atoms with Crippen LogP contribution in [0.1, 0.15) is 10.4 Å². The summed E-state index contributed by atoms with van der Waals surface area (Å²) in [6.07, 6.45) is 0. The number of methoxy groups -OCH3 is 2. The number of hydrogen-bond acceptors (Lipinski definition) is 6. The zero-order valence-corrected chi connectivity index (χ0v) is 15.3. The Morgan fingerprint density at radius 3 is 2.20 bits per heavy atom. The SMILES string of the molecule is COc1cccc(OC)c1C(=O)N1CCN(C(=O)C2CSCN2)CC1. The number of benzene rings is 1. The van der Waals surface area contributed by atoms with Gasteiger partial charge in [-0.15, -0.1) is 11.8 Å². The average Bonchev–Trinajstić information content (AvgIpc) is 3.21. The van der Waals surface area contributed by atoms with Crippen molar-refractivity contribution in [3.8, 4) is 11.5 Å². The third kappa shape index (κ3) is 3.69. The van der Waals surface area contributed by atoms with Gasteiger partial charge in [-0.25, -0.2) is 0 Å². The van der Waals surface area contributed by atoms with Gasteiger partial charge in [0.05, 0.1) is 20.3 Å². The molecule has 2 fully saturated rings. The zero-order chi connectivity index (χ0) is 17.8. The first-order chi connectivity index (χ1) is 12.2. The van der Waals surface area contributed by atoms with Gasteiger partial charge >= 0.3 is 0 Å². The minimum atomic E-state index is -0.129. The molecular formula is C17H23N3O4S. The maximum Gasteiger partial charge on any atom is 0.261 e. The van der Waals surface area contributed by atoms with Crippen LogP contribution < -0.4 is 14.8 Å². The number of ether oxygens (including phenoxy) is 2. The highest BCUT2D eigenvalue weighted by molar-refractivity contribution is 7.99. The molecule has 2 aliphatic rings. The van der Waals surface area contributed by atoms with E-state index in [2.05, 4.69) is 5.32 Å². The highest BCUT2D eigenvalue weighted by atomic mass is 32.2. The van der Waals surface area contributed by atoms with Crippen LogP contribution in [-0.2, 0) is 4.79 Å². The molecule has 2 aliphatic heterocycles. The number of piperazine rings is 1. The van der Waals surface area contributed by atoms with Crippen LogP contribution in [-0.4, -0.2) is 79.7 Å². The lowest BCUT2D eigenvalue weighted by atomic mass is 10.1. The molecule has 3 rings (SSSR count). The molecule has 0 spiro atoms. The molecule has 2 heterocycles. The molecule has 7 nitrogen and oxygen atoms in total. The molecule has 0 aromatic heterocycles. The summed E-state index contributed by atoms with van der Waals surface area (Å²) in [5, 5.41) is 3.20. The Balaban J connectivity index is 1.67. The van der Waals surface area contributed by atoms with Gasteiger partial charge in [-0.2, -0.15) is 0 Å². The summed E-state index contributed by atoms with van der Waals surface area (Å²) in [6, 6.07) is 5.19. The summed E-state index contributed by atoms with van der Waals surface area (Å²) in [5.74, 6) is 2.63. The lowest BCUT2D eigenvalue weighted by Gasteiger charge is -2.36. The van der Waals surface area contributed by atoms with Crippen molar-refractivity contribution in [2.45, 2.75) is 6.04 Å². The fourth-order valence-electron chi connectivity index (χ4n) is 3.12. The van der Waals surface area contributed by atoms with Crippen molar-refractivity contribution in [3.63, 3.8) is 0 Å². The van der Waals surface area contributed by atoms with Crippen LogP contribution in [0.15, 0.2) is 18.2 Å². The second-order valence-corrected chi connectivity index (χ2v) is 6.96. The van der Waals surface area contributed by atoms with Gasteiger partial charge in [0.1, 0.15) is 17.1 Å². The summed E-state index contributed by atoms with van der Waals surface area (Å²) >= 11 is 1.73. The van der Waals surface area contributed by atoms with Crippen molar-refractivity contribution in [2.75, 3.05) is 52.0 Å². The first-order valence-electron chi connectivity index (χ1n) is 8.26. The standard InChI is InChI=1S/C17H23N3O4S/c1-23-13-4-3-5-14(24-2)15(13)17(22)20-8-6-19(7-9-20)16(21)12-10-25-11-18-12/h3-5,12,18H,6-11H2,1-2H3. The molecule has 1 aromatic carbocycles. The summed E-state index contributed by atoms with van der Waals surface area (Å²) in [5.41, 5.74) is 0.432. The fraction of sp³-hybridized carbons (Fsp3) is 0.529. The van der Waals surface area contributed by atoms with Crippen LogP contribution in [0.5, 0.6) is 11.5 Å². The van der Waals surface area contributed by atoms with Gasteiger partial charge in [-0.1, -0.05) is 6.07 Å². The fourth-order valence-corrected chi connectivity index (χ4v) is 4.06. The van der Waals surface area contributed by atoms with E-state index >= 15 is 0 Å². The predicted octanol–water partition coefficient (Wildman–Crippen LogP) is 0.651. The van der Waals surface area contributed by atoms with E-state index in [0.717, 1.165) is 11.6 Å². The molecule has 1 atom stereocenters. The molecule has 25 heavy (non-hydrogen) atoms.